The normalized spacial score (nSPS) is 24.7. The number of aromatic nitrogens is 1. The Balaban J connectivity index is 1.26. The Kier molecular flexibility index (Phi) is 6.37. The van der Waals surface area contributed by atoms with E-state index < -0.39 is 0 Å². The molecule has 5 heteroatoms. The molecule has 1 aromatic carbocycles. The number of fused-ring (bicyclic) bond motifs is 2. The summed E-state index contributed by atoms with van der Waals surface area (Å²) in [4.78, 5) is 12.4. The van der Waals surface area contributed by atoms with Crippen LogP contribution in [0.4, 0.5) is 0 Å². The summed E-state index contributed by atoms with van der Waals surface area (Å²) in [6.07, 6.45) is 6.76. The number of rotatable bonds is 5. The van der Waals surface area contributed by atoms with Crippen LogP contribution in [0.25, 0.3) is 0 Å². The van der Waals surface area contributed by atoms with Gasteiger partial charge in [-0.2, -0.15) is 0 Å². The third kappa shape index (κ3) is 4.70. The Morgan fingerprint density at radius 3 is 2.81 bits per heavy atom. The van der Waals surface area contributed by atoms with Crippen LogP contribution < -0.4 is 5.32 Å². The molecule has 3 heterocycles. The van der Waals surface area contributed by atoms with Gasteiger partial charge < -0.3 is 10.2 Å². The van der Waals surface area contributed by atoms with E-state index in [2.05, 4.69) is 64.4 Å². The summed E-state index contributed by atoms with van der Waals surface area (Å²) in [6, 6.07) is 12.2. The second-order valence-electron chi connectivity index (χ2n) is 9.81. The lowest BCUT2D eigenvalue weighted by Crippen LogP contribution is -2.46. The first kappa shape index (κ1) is 21.1. The van der Waals surface area contributed by atoms with Crippen molar-refractivity contribution in [2.75, 3.05) is 46.8 Å². The zero-order valence-electron chi connectivity index (χ0n) is 19.2. The monoisotopic (exact) mass is 419 g/mol. The molecule has 1 N–H and O–H groups in total. The fourth-order valence-corrected chi connectivity index (χ4v) is 5.70. The predicted octanol–water partition coefficient (Wildman–Crippen LogP) is 2.85. The molecule has 0 saturated carbocycles. The molecule has 31 heavy (non-hydrogen) atoms. The van der Waals surface area contributed by atoms with Crippen molar-refractivity contribution in [3.63, 3.8) is 0 Å². The number of likely N-dealkylation sites (N-methyl/N-ethyl adjacent to an activating group) is 2. The minimum atomic E-state index is 0.453. The number of nitrogens with zero attached hydrogens (tertiary/aromatic N) is 4. The summed E-state index contributed by atoms with van der Waals surface area (Å²) in [7, 11) is 4.52. The highest BCUT2D eigenvalue weighted by Gasteiger charge is 2.28. The lowest BCUT2D eigenvalue weighted by Gasteiger charge is -2.37. The Bertz CT molecular complexity index is 889. The van der Waals surface area contributed by atoms with Gasteiger partial charge in [0.2, 0.25) is 0 Å². The van der Waals surface area contributed by atoms with Crippen LogP contribution in [0.1, 0.15) is 46.8 Å². The first-order valence-electron chi connectivity index (χ1n) is 12.1. The van der Waals surface area contributed by atoms with Crippen molar-refractivity contribution in [3.05, 3.63) is 64.5 Å². The summed E-state index contributed by atoms with van der Waals surface area (Å²) in [5.41, 5.74) is 7.39. The van der Waals surface area contributed by atoms with Gasteiger partial charge in [0.15, 0.2) is 0 Å². The first-order chi connectivity index (χ1) is 15.2. The molecule has 2 aliphatic heterocycles. The van der Waals surface area contributed by atoms with Gasteiger partial charge in [0.25, 0.3) is 0 Å². The van der Waals surface area contributed by atoms with Gasteiger partial charge in [0, 0.05) is 58.1 Å². The molecule has 3 aliphatic rings. The van der Waals surface area contributed by atoms with Crippen LogP contribution in [0.15, 0.2) is 36.5 Å². The Morgan fingerprint density at radius 1 is 1.10 bits per heavy atom. The molecule has 0 radical (unpaired) electrons. The van der Waals surface area contributed by atoms with Crippen LogP contribution in [0, 0.1) is 0 Å². The van der Waals surface area contributed by atoms with E-state index in [9.17, 15) is 0 Å². The third-order valence-corrected chi connectivity index (χ3v) is 7.60. The maximum absolute atomic E-state index is 4.76. The molecule has 1 saturated heterocycles. The van der Waals surface area contributed by atoms with Gasteiger partial charge in [0.05, 0.1) is 11.7 Å². The van der Waals surface area contributed by atoms with Gasteiger partial charge in [0.1, 0.15) is 0 Å². The average Bonchev–Trinajstić information content (AvgIpc) is 2.80. The largest absolute Gasteiger partial charge is 0.308 e. The highest BCUT2D eigenvalue weighted by molar-refractivity contribution is 5.38. The van der Waals surface area contributed by atoms with Crippen LogP contribution >= 0.6 is 0 Å². The van der Waals surface area contributed by atoms with E-state index in [1.807, 2.05) is 6.20 Å². The van der Waals surface area contributed by atoms with E-state index in [-0.39, 0.29) is 0 Å². The lowest BCUT2D eigenvalue weighted by atomic mass is 9.89. The lowest BCUT2D eigenvalue weighted by molar-refractivity contribution is 0.147. The van der Waals surface area contributed by atoms with Crippen molar-refractivity contribution in [1.29, 1.82) is 0 Å². The molecular weight excluding hydrogens is 382 g/mol. The van der Waals surface area contributed by atoms with E-state index in [1.165, 1.54) is 62.3 Å². The van der Waals surface area contributed by atoms with E-state index in [0.717, 1.165) is 26.1 Å². The van der Waals surface area contributed by atoms with E-state index in [0.29, 0.717) is 12.1 Å². The van der Waals surface area contributed by atoms with Crippen molar-refractivity contribution < 1.29 is 0 Å². The number of nitrogens with one attached hydrogen (secondary N) is 1. The molecule has 166 valence electrons. The van der Waals surface area contributed by atoms with E-state index >= 15 is 0 Å². The zero-order chi connectivity index (χ0) is 21.2. The highest BCUT2D eigenvalue weighted by atomic mass is 15.2. The van der Waals surface area contributed by atoms with Gasteiger partial charge >= 0.3 is 0 Å². The number of pyridine rings is 1. The molecule has 0 amide bonds. The summed E-state index contributed by atoms with van der Waals surface area (Å²) in [5, 5.41) is 3.82. The molecule has 5 rings (SSSR count). The second kappa shape index (κ2) is 9.37. The third-order valence-electron chi connectivity index (χ3n) is 7.60. The first-order valence-corrected chi connectivity index (χ1v) is 12.1. The second-order valence-corrected chi connectivity index (χ2v) is 9.81. The zero-order valence-corrected chi connectivity index (χ0v) is 19.2. The van der Waals surface area contributed by atoms with E-state index in [4.69, 9.17) is 4.98 Å². The van der Waals surface area contributed by atoms with Crippen molar-refractivity contribution in [2.45, 2.75) is 50.9 Å². The van der Waals surface area contributed by atoms with Crippen LogP contribution in [0.5, 0.6) is 0 Å². The summed E-state index contributed by atoms with van der Waals surface area (Å²) >= 11 is 0. The summed E-state index contributed by atoms with van der Waals surface area (Å²) in [5.74, 6) is 0. The van der Waals surface area contributed by atoms with Crippen LogP contribution in [0.2, 0.25) is 0 Å². The van der Waals surface area contributed by atoms with Gasteiger partial charge in [-0.05, 0) is 68.1 Å². The van der Waals surface area contributed by atoms with Gasteiger partial charge in [-0.15, -0.1) is 0 Å². The molecule has 1 aromatic heterocycles. The topological polar surface area (TPSA) is 34.6 Å². The standard InChI is InChI=1S/C26H37N5/c1-29-12-14-31(15-13-29)18-22-8-3-7-21-17-28-23(16-24(21)22)19-30(2)25-10-4-6-20-9-5-11-27-26(20)25/h3,5,7-9,11,23,25,28H,4,6,10,12-19H2,1-2H3/t23-,25+/m1/s1. The SMILES string of the molecule is CN1CCN(Cc2cccc3c2C[C@H](CN(C)[C@H]2CCCc4cccnc42)NC3)CC1. The van der Waals surface area contributed by atoms with Crippen molar-refractivity contribution in [1.82, 2.24) is 25.0 Å². The molecule has 0 unspecified atom stereocenters. The molecule has 0 bridgehead atoms. The number of aryl methyl sites for hydroxylation is 1. The molecular formula is C26H37N5. The molecule has 1 aliphatic carbocycles. The number of benzene rings is 1. The molecule has 1 fully saturated rings. The van der Waals surface area contributed by atoms with Crippen LogP contribution in [-0.4, -0.2) is 72.5 Å². The molecule has 2 aromatic rings. The Labute approximate surface area is 187 Å². The molecule has 0 spiro atoms. The van der Waals surface area contributed by atoms with Gasteiger partial charge in [-0.3, -0.25) is 14.8 Å². The van der Waals surface area contributed by atoms with Crippen molar-refractivity contribution >= 4 is 0 Å². The Morgan fingerprint density at radius 2 is 1.94 bits per heavy atom. The average molecular weight is 420 g/mol. The quantitative estimate of drug-likeness (QED) is 0.806. The summed E-state index contributed by atoms with van der Waals surface area (Å²) < 4.78 is 0. The number of piperazine rings is 1. The molecule has 2 atom stereocenters. The van der Waals surface area contributed by atoms with Crippen molar-refractivity contribution in [2.24, 2.45) is 0 Å². The minimum Gasteiger partial charge on any atom is -0.308 e. The van der Waals surface area contributed by atoms with Gasteiger partial charge in [-0.1, -0.05) is 24.3 Å². The minimum absolute atomic E-state index is 0.453. The smallest absolute Gasteiger partial charge is 0.0607 e. The van der Waals surface area contributed by atoms with Crippen LogP contribution in [-0.2, 0) is 25.9 Å². The number of hydrogen-bond acceptors (Lipinski definition) is 5. The maximum atomic E-state index is 4.76. The maximum Gasteiger partial charge on any atom is 0.0607 e. The Hall–Kier alpha value is -1.79. The molecule has 5 nitrogen and oxygen atoms in total. The van der Waals surface area contributed by atoms with Crippen molar-refractivity contribution in [3.8, 4) is 0 Å². The van der Waals surface area contributed by atoms with Crippen LogP contribution in [0.3, 0.4) is 0 Å². The van der Waals surface area contributed by atoms with Gasteiger partial charge in [-0.25, -0.2) is 0 Å². The predicted molar refractivity (Wildman–Crippen MR) is 126 cm³/mol. The van der Waals surface area contributed by atoms with E-state index in [1.54, 1.807) is 11.1 Å². The fraction of sp³-hybridized carbons (Fsp3) is 0.577. The number of hydrogen-bond donors (Lipinski definition) is 1. The summed E-state index contributed by atoms with van der Waals surface area (Å²) in [6.45, 7) is 7.88. The fourth-order valence-electron chi connectivity index (χ4n) is 5.70. The highest BCUT2D eigenvalue weighted by Crippen LogP contribution is 2.32.